The molecular formula is C67H116N2O7P+. The lowest BCUT2D eigenvalue weighted by Crippen LogP contribution is -2.47. The largest absolute Gasteiger partial charge is 0.472 e. The van der Waals surface area contributed by atoms with E-state index in [0.29, 0.717) is 30.3 Å². The average molecular weight is 1090 g/mol. The molecule has 0 heterocycles. The van der Waals surface area contributed by atoms with Gasteiger partial charge in [-0.05, 0) is 115 Å². The molecule has 0 radical (unpaired) electrons. The molecule has 0 spiro atoms. The highest BCUT2D eigenvalue weighted by Gasteiger charge is 2.30. The fourth-order valence-electron chi connectivity index (χ4n) is 8.13. The number of carbonyl (C=O) groups excluding carboxylic acids is 2. The van der Waals surface area contributed by atoms with Gasteiger partial charge in [-0.3, -0.25) is 18.6 Å². The summed E-state index contributed by atoms with van der Waals surface area (Å²) in [5.41, 5.74) is 0. The number of ether oxygens (including phenoxy) is 1. The van der Waals surface area contributed by atoms with Crippen LogP contribution in [0.2, 0.25) is 0 Å². The van der Waals surface area contributed by atoms with Crippen LogP contribution in [0.4, 0.5) is 0 Å². The van der Waals surface area contributed by atoms with Crippen molar-refractivity contribution in [3.63, 3.8) is 0 Å². The minimum Gasteiger partial charge on any atom is -0.456 e. The fraction of sp³-hybridized carbons (Fsp3) is 0.672. The van der Waals surface area contributed by atoms with Crippen molar-refractivity contribution in [1.29, 1.82) is 0 Å². The number of quaternary nitrogens is 1. The van der Waals surface area contributed by atoms with Crippen LogP contribution in [0.25, 0.3) is 0 Å². The predicted octanol–water partition coefficient (Wildman–Crippen LogP) is 19.1. The number of carbonyl (C=O) groups is 2. The summed E-state index contributed by atoms with van der Waals surface area (Å²) in [7, 11) is 1.43. The van der Waals surface area contributed by atoms with Gasteiger partial charge in [-0.1, -0.05) is 233 Å². The Bertz CT molecular complexity index is 1730. The number of hydrogen-bond donors (Lipinski definition) is 2. The highest BCUT2D eigenvalue weighted by atomic mass is 31.2. The zero-order valence-electron chi connectivity index (χ0n) is 50.2. The number of likely N-dealkylation sites (N-methyl/N-ethyl adjacent to an activating group) is 1. The van der Waals surface area contributed by atoms with Gasteiger partial charge in [0.15, 0.2) is 0 Å². The smallest absolute Gasteiger partial charge is 0.456 e. The van der Waals surface area contributed by atoms with E-state index in [0.717, 1.165) is 109 Å². The first kappa shape index (κ1) is 73.4. The molecule has 0 aromatic rings. The topological polar surface area (TPSA) is 111 Å². The Labute approximate surface area is 473 Å². The summed E-state index contributed by atoms with van der Waals surface area (Å²) in [6.45, 7) is 6.80. The molecule has 10 heteroatoms. The molecule has 440 valence electrons. The predicted molar refractivity (Wildman–Crippen MR) is 332 cm³/mol. The number of rotatable bonds is 54. The first-order valence-electron chi connectivity index (χ1n) is 30.9. The summed E-state index contributed by atoms with van der Waals surface area (Å²) >= 11 is 0. The van der Waals surface area contributed by atoms with E-state index in [1.165, 1.54) is 83.5 Å². The molecule has 0 saturated heterocycles. The van der Waals surface area contributed by atoms with Crippen LogP contribution in [-0.4, -0.2) is 74.3 Å². The number of amides is 1. The van der Waals surface area contributed by atoms with Crippen LogP contribution in [-0.2, 0) is 27.9 Å². The molecule has 0 aliphatic rings. The van der Waals surface area contributed by atoms with Gasteiger partial charge in [-0.25, -0.2) is 4.57 Å². The highest BCUT2D eigenvalue weighted by molar-refractivity contribution is 7.47. The van der Waals surface area contributed by atoms with E-state index in [1.807, 2.05) is 33.3 Å². The molecule has 0 fully saturated rings. The summed E-state index contributed by atoms with van der Waals surface area (Å²) in [6, 6.07) is -0.890. The Morgan fingerprint density at radius 1 is 0.468 bits per heavy atom. The van der Waals surface area contributed by atoms with Gasteiger partial charge in [-0.15, -0.1) is 0 Å². The highest BCUT2D eigenvalue weighted by Crippen LogP contribution is 2.43. The van der Waals surface area contributed by atoms with E-state index in [2.05, 4.69) is 135 Å². The van der Waals surface area contributed by atoms with Gasteiger partial charge < -0.3 is 19.4 Å². The molecule has 0 aliphatic carbocycles. The molecule has 0 bridgehead atoms. The zero-order chi connectivity index (χ0) is 56.4. The van der Waals surface area contributed by atoms with Crippen LogP contribution < -0.4 is 5.32 Å². The number of allylic oxidation sites excluding steroid dienone is 19. The van der Waals surface area contributed by atoms with E-state index in [-0.39, 0.29) is 25.5 Å². The van der Waals surface area contributed by atoms with Crippen molar-refractivity contribution in [2.24, 2.45) is 0 Å². The van der Waals surface area contributed by atoms with E-state index in [1.54, 1.807) is 0 Å². The molecule has 1 amide bonds. The summed E-state index contributed by atoms with van der Waals surface area (Å²) in [5, 5.41) is 3.03. The molecule has 0 saturated carbocycles. The second kappa shape index (κ2) is 55.7. The summed E-state index contributed by atoms with van der Waals surface area (Å²) in [5.74, 6) is -0.602. The minimum atomic E-state index is -4.48. The summed E-state index contributed by atoms with van der Waals surface area (Å²) in [4.78, 5) is 37.7. The second-order valence-electron chi connectivity index (χ2n) is 21.5. The third kappa shape index (κ3) is 56.9. The maximum absolute atomic E-state index is 13.5. The number of esters is 1. The third-order valence-corrected chi connectivity index (χ3v) is 13.9. The minimum absolute atomic E-state index is 0.0209. The van der Waals surface area contributed by atoms with Gasteiger partial charge in [0.1, 0.15) is 19.3 Å². The number of unbranched alkanes of at least 4 members (excludes halogenated alkanes) is 20. The quantitative estimate of drug-likeness (QED) is 0.0205. The van der Waals surface area contributed by atoms with Crippen molar-refractivity contribution in [3.05, 3.63) is 122 Å². The Balaban J connectivity index is 5.43. The van der Waals surface area contributed by atoms with Crippen LogP contribution in [0.15, 0.2) is 122 Å². The van der Waals surface area contributed by atoms with Crippen LogP contribution in [0.5, 0.6) is 0 Å². The van der Waals surface area contributed by atoms with Gasteiger partial charge in [0.25, 0.3) is 0 Å². The molecular weight excluding hydrogens is 976 g/mol. The van der Waals surface area contributed by atoms with Crippen molar-refractivity contribution >= 4 is 19.7 Å². The molecule has 77 heavy (non-hydrogen) atoms. The van der Waals surface area contributed by atoms with Crippen LogP contribution in [0, 0.1) is 0 Å². The van der Waals surface area contributed by atoms with Gasteiger partial charge in [0.05, 0.1) is 33.8 Å². The van der Waals surface area contributed by atoms with Crippen molar-refractivity contribution in [1.82, 2.24) is 5.32 Å². The van der Waals surface area contributed by atoms with E-state index < -0.39 is 25.9 Å². The molecule has 3 atom stereocenters. The van der Waals surface area contributed by atoms with E-state index >= 15 is 0 Å². The summed E-state index contributed by atoms with van der Waals surface area (Å²) in [6.07, 6.45) is 77.7. The molecule has 0 aliphatic heterocycles. The lowest BCUT2D eigenvalue weighted by molar-refractivity contribution is -0.870. The molecule has 0 aromatic carbocycles. The molecule has 3 unspecified atom stereocenters. The Kier molecular flexibility index (Phi) is 53.1. The van der Waals surface area contributed by atoms with E-state index in [9.17, 15) is 19.0 Å². The standard InChI is InChI=1S/C67H115N2O7P/c1-7-10-13-16-19-22-25-28-30-32-33-34-35-37-38-41-44-47-50-53-56-59-66(70)68-64(63-75-77(72,73)74-62-61-69(4,5)6)65(58-55-52-49-46-43-40-27-24-21-18-15-12-9-3)76-67(71)60-57-54-51-48-45-42-39-36-31-29-26-23-20-17-14-11-8-2/h11,14,19-20,22-23,28-31,33-34,37-39,42,48,51,55,58,64-65H,7-10,12-13,15-18,21,24-27,32,35-36,40-41,43-47,49-50,52-54,56-57,59-63H2,1-6H3,(H-,68,70,72,73)/p+1/b14-11-,22-19-,23-20-,30-28-,31-29-,34-33-,38-37-,42-39-,51-48-,58-55-. The maximum Gasteiger partial charge on any atom is 0.472 e. The monoisotopic (exact) mass is 1090 g/mol. The van der Waals surface area contributed by atoms with Gasteiger partial charge in [0, 0.05) is 12.8 Å². The van der Waals surface area contributed by atoms with Crippen LogP contribution in [0.3, 0.4) is 0 Å². The zero-order valence-corrected chi connectivity index (χ0v) is 51.1. The Morgan fingerprint density at radius 3 is 1.30 bits per heavy atom. The van der Waals surface area contributed by atoms with Crippen LogP contribution in [0.1, 0.15) is 239 Å². The first-order valence-corrected chi connectivity index (χ1v) is 32.4. The number of phosphoric acid groups is 1. The average Bonchev–Trinajstić information content (AvgIpc) is 3.39. The summed E-state index contributed by atoms with van der Waals surface area (Å²) < 4.78 is 30.6. The van der Waals surface area contributed by atoms with E-state index in [4.69, 9.17) is 13.8 Å². The molecule has 0 rings (SSSR count). The molecule has 0 aromatic heterocycles. The Morgan fingerprint density at radius 2 is 0.844 bits per heavy atom. The van der Waals surface area contributed by atoms with Crippen molar-refractivity contribution < 1.29 is 37.3 Å². The molecule has 9 nitrogen and oxygen atoms in total. The number of nitrogens with one attached hydrogen (secondary N) is 1. The number of hydrogen-bond acceptors (Lipinski definition) is 6. The van der Waals surface area contributed by atoms with Crippen LogP contribution >= 0.6 is 7.82 Å². The fourth-order valence-corrected chi connectivity index (χ4v) is 8.87. The van der Waals surface area contributed by atoms with Gasteiger partial charge in [0.2, 0.25) is 5.91 Å². The van der Waals surface area contributed by atoms with Crippen molar-refractivity contribution in [2.45, 2.75) is 251 Å². The Hall–Kier alpha value is -3.59. The van der Waals surface area contributed by atoms with Crippen molar-refractivity contribution in [3.8, 4) is 0 Å². The number of phosphoric ester groups is 1. The van der Waals surface area contributed by atoms with Crippen molar-refractivity contribution in [2.75, 3.05) is 40.9 Å². The van der Waals surface area contributed by atoms with Gasteiger partial charge >= 0.3 is 13.8 Å². The third-order valence-electron chi connectivity index (χ3n) is 12.9. The maximum atomic E-state index is 13.5. The second-order valence-corrected chi connectivity index (χ2v) is 22.9. The normalized spacial score (nSPS) is 14.5. The number of nitrogens with zero attached hydrogens (tertiary/aromatic N) is 1. The SMILES string of the molecule is CC/C=C\C/C=C\C/C=C\C/C=C\C/C=C\CCCC(=O)OC(/C=C\CCCCCCCCCCCCC)C(COP(=O)(O)OCC[N+](C)(C)C)NC(=O)CCCCCCC/C=C\C/C=C\C/C=C\C/C=C\CCCCC. The first-order chi connectivity index (χ1) is 37.4. The van der Waals surface area contributed by atoms with Gasteiger partial charge in [-0.2, -0.15) is 0 Å². The lowest BCUT2D eigenvalue weighted by atomic mass is 10.0. The molecule has 2 N–H and O–H groups in total. The lowest BCUT2D eigenvalue weighted by Gasteiger charge is -2.27.